The maximum Gasteiger partial charge on any atom is 0.266 e. The minimum Gasteiger partial charge on any atom is -0.340 e. The van der Waals surface area contributed by atoms with Gasteiger partial charge in [0.2, 0.25) is 5.91 Å². The summed E-state index contributed by atoms with van der Waals surface area (Å²) in [4.78, 5) is 35.7. The van der Waals surface area contributed by atoms with Crippen LogP contribution in [0.5, 0.6) is 0 Å². The Morgan fingerprint density at radius 2 is 1.80 bits per heavy atom. The van der Waals surface area contributed by atoms with E-state index in [1.54, 1.807) is 24.5 Å². The first-order chi connectivity index (χ1) is 14.6. The highest BCUT2D eigenvalue weighted by atomic mass is 16.2. The Hall–Kier alpha value is -2.58. The molecule has 2 aromatic rings. The zero-order valence-electron chi connectivity index (χ0n) is 17.6. The van der Waals surface area contributed by atoms with Crippen molar-refractivity contribution in [2.75, 3.05) is 52.9 Å². The molecule has 2 fully saturated rings. The molecule has 0 saturated carbocycles. The van der Waals surface area contributed by atoms with Crippen molar-refractivity contribution in [3.05, 3.63) is 47.0 Å². The lowest BCUT2D eigenvalue weighted by atomic mass is 9.96. The lowest BCUT2D eigenvalue weighted by molar-refractivity contribution is -0.139. The van der Waals surface area contributed by atoms with Crippen LogP contribution >= 0.6 is 0 Å². The second kappa shape index (κ2) is 9.49. The van der Waals surface area contributed by atoms with Crippen LogP contribution in [-0.4, -0.2) is 88.2 Å². The fourth-order valence-electron chi connectivity index (χ4n) is 4.34. The molecule has 1 unspecified atom stereocenters. The highest BCUT2D eigenvalue weighted by Gasteiger charge is 2.29. The molecule has 0 radical (unpaired) electrons. The quantitative estimate of drug-likeness (QED) is 0.726. The summed E-state index contributed by atoms with van der Waals surface area (Å²) in [6.45, 7) is 6.46. The van der Waals surface area contributed by atoms with Gasteiger partial charge in [0.1, 0.15) is 0 Å². The molecule has 0 bridgehead atoms. The minimum absolute atomic E-state index is 0.0944. The van der Waals surface area contributed by atoms with Gasteiger partial charge < -0.3 is 9.80 Å². The van der Waals surface area contributed by atoms with Gasteiger partial charge in [-0.05, 0) is 44.6 Å². The van der Waals surface area contributed by atoms with Crippen molar-refractivity contribution in [2.45, 2.75) is 19.4 Å². The van der Waals surface area contributed by atoms with Crippen LogP contribution in [0.25, 0.3) is 11.3 Å². The molecule has 8 heteroatoms. The van der Waals surface area contributed by atoms with Gasteiger partial charge in [0.05, 0.1) is 18.2 Å². The van der Waals surface area contributed by atoms with Gasteiger partial charge >= 0.3 is 0 Å². The van der Waals surface area contributed by atoms with E-state index in [4.69, 9.17) is 0 Å². The molecule has 1 amide bonds. The van der Waals surface area contributed by atoms with Crippen molar-refractivity contribution in [3.8, 4) is 11.3 Å². The lowest BCUT2D eigenvalue weighted by Crippen LogP contribution is -2.52. The fraction of sp³-hybridized carbons (Fsp3) is 0.545. The van der Waals surface area contributed by atoms with Crippen molar-refractivity contribution in [1.29, 1.82) is 0 Å². The number of pyridine rings is 1. The van der Waals surface area contributed by atoms with Crippen LogP contribution in [0.15, 0.2) is 41.5 Å². The number of carbonyl (C=O) groups excluding carboxylic acids is 1. The number of piperidine rings is 1. The van der Waals surface area contributed by atoms with Crippen LogP contribution < -0.4 is 5.56 Å². The molecule has 2 aliphatic rings. The molecule has 0 N–H and O–H groups in total. The zero-order chi connectivity index (χ0) is 20.9. The van der Waals surface area contributed by atoms with Crippen molar-refractivity contribution in [3.63, 3.8) is 0 Å². The third-order valence-electron chi connectivity index (χ3n) is 6.13. The molecule has 2 aromatic heterocycles. The zero-order valence-corrected chi connectivity index (χ0v) is 17.6. The molecule has 8 nitrogen and oxygen atoms in total. The van der Waals surface area contributed by atoms with Crippen molar-refractivity contribution >= 4 is 5.91 Å². The molecule has 160 valence electrons. The van der Waals surface area contributed by atoms with E-state index in [1.807, 2.05) is 17.0 Å². The molecule has 0 spiro atoms. The molecule has 30 heavy (non-hydrogen) atoms. The highest BCUT2D eigenvalue weighted by molar-refractivity contribution is 5.79. The van der Waals surface area contributed by atoms with Gasteiger partial charge in [0, 0.05) is 63.3 Å². The second-order valence-electron chi connectivity index (χ2n) is 8.28. The van der Waals surface area contributed by atoms with E-state index >= 15 is 0 Å². The average Bonchev–Trinajstić information content (AvgIpc) is 2.79. The van der Waals surface area contributed by atoms with Gasteiger partial charge in [-0.25, -0.2) is 4.68 Å². The van der Waals surface area contributed by atoms with E-state index in [1.165, 1.54) is 4.68 Å². The van der Waals surface area contributed by atoms with E-state index in [0.29, 0.717) is 12.5 Å². The molecule has 0 aromatic carbocycles. The third-order valence-corrected chi connectivity index (χ3v) is 6.13. The van der Waals surface area contributed by atoms with Crippen LogP contribution in [0, 0.1) is 5.92 Å². The number of rotatable bonds is 5. The number of piperazine rings is 1. The maximum atomic E-state index is 12.8. The molecular weight excluding hydrogens is 380 g/mol. The van der Waals surface area contributed by atoms with Gasteiger partial charge in [0.15, 0.2) is 0 Å². The molecule has 2 saturated heterocycles. The Labute approximate surface area is 177 Å². The van der Waals surface area contributed by atoms with Crippen LogP contribution in [0.4, 0.5) is 0 Å². The summed E-state index contributed by atoms with van der Waals surface area (Å²) in [5, 5.41) is 4.52. The predicted octanol–water partition coefficient (Wildman–Crippen LogP) is 0.791. The Morgan fingerprint density at radius 3 is 2.53 bits per heavy atom. The Kier molecular flexibility index (Phi) is 6.54. The van der Waals surface area contributed by atoms with Gasteiger partial charge in [-0.3, -0.25) is 19.5 Å². The average molecular weight is 411 g/mol. The summed E-state index contributed by atoms with van der Waals surface area (Å²) < 4.78 is 1.53. The normalized spacial score (nSPS) is 21.0. The summed E-state index contributed by atoms with van der Waals surface area (Å²) in [7, 11) is 2.09. The smallest absolute Gasteiger partial charge is 0.266 e. The molecule has 4 heterocycles. The molecular formula is C22H30N6O2. The monoisotopic (exact) mass is 410 g/mol. The number of nitrogens with zero attached hydrogens (tertiary/aromatic N) is 6. The molecule has 2 aliphatic heterocycles. The summed E-state index contributed by atoms with van der Waals surface area (Å²) in [6, 6.07) is 7.09. The highest BCUT2D eigenvalue weighted by Crippen LogP contribution is 2.19. The van der Waals surface area contributed by atoms with E-state index in [0.717, 1.165) is 69.9 Å². The SMILES string of the molecule is CN1CCCC(C(=O)N2CCN(CCn3nc(-c4ccncc4)ccc3=O)CC2)C1. The number of carbonyl (C=O) groups is 1. The van der Waals surface area contributed by atoms with Crippen molar-refractivity contribution in [2.24, 2.45) is 5.92 Å². The maximum absolute atomic E-state index is 12.8. The summed E-state index contributed by atoms with van der Waals surface area (Å²) in [6.07, 6.45) is 5.55. The van der Waals surface area contributed by atoms with E-state index in [-0.39, 0.29) is 11.5 Å². The van der Waals surface area contributed by atoms with Gasteiger partial charge in [-0.15, -0.1) is 0 Å². The fourth-order valence-corrected chi connectivity index (χ4v) is 4.34. The molecule has 0 aliphatic carbocycles. The van der Waals surface area contributed by atoms with E-state index in [2.05, 4.69) is 26.9 Å². The van der Waals surface area contributed by atoms with Gasteiger partial charge in [0.25, 0.3) is 5.56 Å². The number of amides is 1. The Morgan fingerprint density at radius 1 is 1.03 bits per heavy atom. The van der Waals surface area contributed by atoms with Crippen LogP contribution in [0.3, 0.4) is 0 Å². The first-order valence-corrected chi connectivity index (χ1v) is 10.8. The third kappa shape index (κ3) is 4.94. The first kappa shape index (κ1) is 20.7. The topological polar surface area (TPSA) is 74.6 Å². The number of hydrogen-bond donors (Lipinski definition) is 0. The Bertz CT molecular complexity index is 907. The first-order valence-electron chi connectivity index (χ1n) is 10.8. The summed E-state index contributed by atoms with van der Waals surface area (Å²) in [5.74, 6) is 0.457. The predicted molar refractivity (Wildman–Crippen MR) is 115 cm³/mol. The largest absolute Gasteiger partial charge is 0.340 e. The summed E-state index contributed by atoms with van der Waals surface area (Å²) >= 11 is 0. The summed E-state index contributed by atoms with van der Waals surface area (Å²) in [5.41, 5.74) is 1.62. The van der Waals surface area contributed by atoms with Gasteiger partial charge in [-0.1, -0.05) is 0 Å². The van der Waals surface area contributed by atoms with Crippen LogP contribution in [0.1, 0.15) is 12.8 Å². The lowest BCUT2D eigenvalue weighted by Gasteiger charge is -2.38. The minimum atomic E-state index is -0.0944. The second-order valence-corrected chi connectivity index (χ2v) is 8.28. The van der Waals surface area contributed by atoms with Crippen molar-refractivity contribution in [1.82, 2.24) is 29.5 Å². The number of likely N-dealkylation sites (tertiary alicyclic amines) is 1. The Balaban J connectivity index is 1.30. The standard InChI is InChI=1S/C22H30N6O2/c1-25-10-2-3-19(17-25)22(30)27-14-11-26(12-15-27)13-16-28-21(29)5-4-20(24-28)18-6-8-23-9-7-18/h4-9,19H,2-3,10-17H2,1H3. The van der Waals surface area contributed by atoms with Crippen molar-refractivity contribution < 1.29 is 4.79 Å². The molecule has 4 rings (SSSR count). The van der Waals surface area contributed by atoms with Crippen LogP contribution in [0.2, 0.25) is 0 Å². The number of hydrogen-bond acceptors (Lipinski definition) is 6. The van der Waals surface area contributed by atoms with Gasteiger partial charge in [-0.2, -0.15) is 5.10 Å². The van der Waals surface area contributed by atoms with Crippen LogP contribution in [-0.2, 0) is 11.3 Å². The molecule has 1 atom stereocenters. The number of aromatic nitrogens is 3. The van der Waals surface area contributed by atoms with E-state index < -0.39 is 0 Å². The van der Waals surface area contributed by atoms with E-state index in [9.17, 15) is 9.59 Å².